The van der Waals surface area contributed by atoms with Crippen molar-refractivity contribution in [1.29, 1.82) is 0 Å². The highest BCUT2D eigenvalue weighted by Gasteiger charge is 2.20. The van der Waals surface area contributed by atoms with Gasteiger partial charge in [-0.2, -0.15) is 0 Å². The molecule has 3 aromatic heterocycles. The lowest BCUT2D eigenvalue weighted by molar-refractivity contribution is 0.568. The normalized spacial score (nSPS) is 11.9. The highest BCUT2D eigenvalue weighted by atomic mass is 16.3. The lowest BCUT2D eigenvalue weighted by Gasteiger charge is -2.17. The summed E-state index contributed by atoms with van der Waals surface area (Å²) in [5, 5.41) is 11.8. The third-order valence-corrected chi connectivity index (χ3v) is 10.5. The zero-order valence-corrected chi connectivity index (χ0v) is 27.4. The van der Waals surface area contributed by atoms with Crippen LogP contribution in [-0.4, -0.2) is 0 Å². The Hall–Kier alpha value is -6.84. The number of fused-ring (bicyclic) bond motifs is 7. The molecule has 0 saturated heterocycles. The Balaban J connectivity index is 1.13. The zero-order valence-electron chi connectivity index (χ0n) is 27.4. The van der Waals surface area contributed by atoms with E-state index in [4.69, 9.17) is 13.3 Å². The van der Waals surface area contributed by atoms with Crippen LogP contribution in [0.4, 0.5) is 0 Å². The molecule has 0 amide bonds. The van der Waals surface area contributed by atoms with Crippen LogP contribution in [0.1, 0.15) is 0 Å². The average Bonchev–Trinajstić information content (AvgIpc) is 3.98. The van der Waals surface area contributed by atoms with Crippen LogP contribution < -0.4 is 0 Å². The summed E-state index contributed by atoms with van der Waals surface area (Å²) in [5.74, 6) is 0. The van der Waals surface area contributed by atoms with Crippen LogP contribution in [-0.2, 0) is 0 Å². The van der Waals surface area contributed by atoms with E-state index in [2.05, 4.69) is 133 Å². The quantitative estimate of drug-likeness (QED) is 0.178. The molecule has 0 saturated carbocycles. The van der Waals surface area contributed by atoms with Gasteiger partial charge in [-0.15, -0.1) is 0 Å². The molecule has 0 bridgehead atoms. The second kappa shape index (κ2) is 10.8. The lowest BCUT2D eigenvalue weighted by Crippen LogP contribution is -1.90. The van der Waals surface area contributed by atoms with Gasteiger partial charge in [-0.25, -0.2) is 0 Å². The molecule has 0 aliphatic heterocycles. The smallest absolute Gasteiger partial charge is 0.136 e. The second-order valence-electron chi connectivity index (χ2n) is 13.2. The number of furan rings is 3. The predicted molar refractivity (Wildman–Crippen MR) is 210 cm³/mol. The van der Waals surface area contributed by atoms with Crippen LogP contribution >= 0.6 is 0 Å². The van der Waals surface area contributed by atoms with Crippen LogP contribution in [0.3, 0.4) is 0 Å². The van der Waals surface area contributed by atoms with Gasteiger partial charge in [0.05, 0.1) is 25.1 Å². The standard InChI is InChI=1S/C48H28O3/c1-5-13-38-34(9-1)45(35-10-2-6-14-39(35)47(38)31-21-23-49-27-31)29-18-20-43-42(25-29)33-19-17-30(26-44(33)51-43)46-36-11-3-7-15-40(36)48(32-22-24-50-28-32)41-16-8-4-12-37(41)46/h1-28H. The molecule has 0 atom stereocenters. The first-order valence-corrected chi connectivity index (χ1v) is 17.2. The minimum absolute atomic E-state index is 0.872. The molecule has 0 radical (unpaired) electrons. The van der Waals surface area contributed by atoms with Crippen molar-refractivity contribution in [2.24, 2.45) is 0 Å². The fourth-order valence-corrected chi connectivity index (χ4v) is 8.40. The maximum atomic E-state index is 6.63. The van der Waals surface area contributed by atoms with E-state index in [0.29, 0.717) is 0 Å². The molecule has 0 aliphatic rings. The third-order valence-electron chi connectivity index (χ3n) is 10.5. The maximum absolute atomic E-state index is 6.63. The highest BCUT2D eigenvalue weighted by Crippen LogP contribution is 2.47. The molecule has 0 N–H and O–H groups in total. The van der Waals surface area contributed by atoms with Gasteiger partial charge in [0.1, 0.15) is 11.2 Å². The number of hydrogen-bond acceptors (Lipinski definition) is 3. The average molecular weight is 653 g/mol. The molecule has 51 heavy (non-hydrogen) atoms. The van der Waals surface area contributed by atoms with Crippen LogP contribution in [0, 0.1) is 0 Å². The van der Waals surface area contributed by atoms with Gasteiger partial charge in [0.15, 0.2) is 0 Å². The summed E-state index contributed by atoms with van der Waals surface area (Å²) >= 11 is 0. The van der Waals surface area contributed by atoms with Crippen molar-refractivity contribution in [3.05, 3.63) is 171 Å². The van der Waals surface area contributed by atoms with E-state index in [1.54, 1.807) is 12.5 Å². The Kier molecular flexibility index (Phi) is 5.96. The SMILES string of the molecule is c1ccc2c(-c3ccc4c(c3)oc3ccc(-c5c6ccccc6c(-c6ccoc6)c6ccccc56)cc34)c3ccccc3c(-c3ccoc3)c2c1. The van der Waals surface area contributed by atoms with Gasteiger partial charge in [0.25, 0.3) is 0 Å². The summed E-state index contributed by atoms with van der Waals surface area (Å²) in [6.07, 6.45) is 7.17. The molecule has 11 rings (SSSR count). The number of hydrogen-bond donors (Lipinski definition) is 0. The van der Waals surface area contributed by atoms with E-state index in [1.165, 1.54) is 65.3 Å². The van der Waals surface area contributed by atoms with E-state index in [1.807, 2.05) is 24.7 Å². The third kappa shape index (κ3) is 4.12. The second-order valence-corrected chi connectivity index (χ2v) is 13.2. The monoisotopic (exact) mass is 652 g/mol. The summed E-state index contributed by atoms with van der Waals surface area (Å²) < 4.78 is 17.7. The molecule has 3 nitrogen and oxygen atoms in total. The van der Waals surface area contributed by atoms with Gasteiger partial charge >= 0.3 is 0 Å². The van der Waals surface area contributed by atoms with Crippen molar-refractivity contribution in [1.82, 2.24) is 0 Å². The van der Waals surface area contributed by atoms with Crippen LogP contribution in [0.15, 0.2) is 184 Å². The summed E-state index contributed by atoms with van der Waals surface area (Å²) in [5.41, 5.74) is 11.0. The van der Waals surface area contributed by atoms with Crippen LogP contribution in [0.25, 0.3) is 110 Å². The maximum Gasteiger partial charge on any atom is 0.136 e. The van der Waals surface area contributed by atoms with Crippen molar-refractivity contribution in [2.45, 2.75) is 0 Å². The lowest BCUT2D eigenvalue weighted by atomic mass is 9.86. The first kappa shape index (κ1) is 28.0. The molecule has 3 heteroatoms. The number of rotatable bonds is 4. The summed E-state index contributed by atoms with van der Waals surface area (Å²) in [4.78, 5) is 0. The van der Waals surface area contributed by atoms with Gasteiger partial charge < -0.3 is 13.3 Å². The highest BCUT2D eigenvalue weighted by molar-refractivity contribution is 6.23. The van der Waals surface area contributed by atoms with Crippen LogP contribution in [0.5, 0.6) is 0 Å². The molecule has 238 valence electrons. The molecule has 3 heterocycles. The minimum atomic E-state index is 0.872. The van der Waals surface area contributed by atoms with E-state index < -0.39 is 0 Å². The van der Waals surface area contributed by atoms with Gasteiger partial charge in [-0.3, -0.25) is 0 Å². The Morgan fingerprint density at radius 2 is 0.667 bits per heavy atom. The number of benzene rings is 8. The first-order chi connectivity index (χ1) is 25.3. The molecule has 0 unspecified atom stereocenters. The fraction of sp³-hybridized carbons (Fsp3) is 0. The van der Waals surface area contributed by atoms with E-state index in [-0.39, 0.29) is 0 Å². The van der Waals surface area contributed by atoms with Crippen molar-refractivity contribution in [3.63, 3.8) is 0 Å². The van der Waals surface area contributed by atoms with Crippen molar-refractivity contribution < 1.29 is 13.3 Å². The minimum Gasteiger partial charge on any atom is -0.472 e. The van der Waals surface area contributed by atoms with Gasteiger partial charge in [-0.1, -0.05) is 109 Å². The van der Waals surface area contributed by atoms with Crippen molar-refractivity contribution >= 4 is 65.0 Å². The van der Waals surface area contributed by atoms with E-state index in [0.717, 1.165) is 44.2 Å². The molecule has 0 fully saturated rings. The van der Waals surface area contributed by atoms with Gasteiger partial charge in [0.2, 0.25) is 0 Å². The topological polar surface area (TPSA) is 39.4 Å². The molecule has 11 aromatic rings. The molecule has 0 aliphatic carbocycles. The van der Waals surface area contributed by atoms with Crippen molar-refractivity contribution in [3.8, 4) is 44.5 Å². The van der Waals surface area contributed by atoms with E-state index in [9.17, 15) is 0 Å². The molecule has 0 spiro atoms. The van der Waals surface area contributed by atoms with Gasteiger partial charge in [0, 0.05) is 33.0 Å². The largest absolute Gasteiger partial charge is 0.472 e. The molecule has 8 aromatic carbocycles. The molecular weight excluding hydrogens is 625 g/mol. The predicted octanol–water partition coefficient (Wildman–Crippen LogP) is 14.1. The Morgan fingerprint density at radius 1 is 0.275 bits per heavy atom. The van der Waals surface area contributed by atoms with Crippen LogP contribution in [0.2, 0.25) is 0 Å². The molecular formula is C48H28O3. The summed E-state index contributed by atoms with van der Waals surface area (Å²) in [7, 11) is 0. The Morgan fingerprint density at radius 3 is 1.08 bits per heavy atom. The zero-order chi connectivity index (χ0) is 33.5. The van der Waals surface area contributed by atoms with E-state index >= 15 is 0 Å². The Bertz CT molecular complexity index is 3010. The van der Waals surface area contributed by atoms with Gasteiger partial charge in [-0.05, 0) is 102 Å². The Labute approximate surface area is 292 Å². The fourth-order valence-electron chi connectivity index (χ4n) is 8.40. The first-order valence-electron chi connectivity index (χ1n) is 17.2. The summed E-state index contributed by atoms with van der Waals surface area (Å²) in [6.45, 7) is 0. The van der Waals surface area contributed by atoms with Crippen molar-refractivity contribution in [2.75, 3.05) is 0 Å². The summed E-state index contributed by atoms with van der Waals surface area (Å²) in [6, 6.07) is 52.1.